The molecule has 0 unspecified atom stereocenters. The van der Waals surface area contributed by atoms with E-state index in [1.165, 1.54) is 6.07 Å². The fraction of sp³-hybridized carbons (Fsp3) is 0.188. The van der Waals surface area contributed by atoms with Crippen LogP contribution in [0.4, 0.5) is 4.39 Å². The molecule has 0 radical (unpaired) electrons. The van der Waals surface area contributed by atoms with E-state index < -0.39 is 5.91 Å². The minimum atomic E-state index is -0.416. The highest BCUT2D eigenvalue weighted by atomic mass is 19.1. The molecule has 7 heteroatoms. The van der Waals surface area contributed by atoms with Gasteiger partial charge in [-0.2, -0.15) is 4.98 Å². The molecule has 0 spiro atoms. The van der Waals surface area contributed by atoms with Crippen molar-refractivity contribution in [3.63, 3.8) is 0 Å². The van der Waals surface area contributed by atoms with Crippen molar-refractivity contribution in [2.24, 2.45) is 0 Å². The third-order valence-electron chi connectivity index (χ3n) is 3.29. The van der Waals surface area contributed by atoms with Crippen LogP contribution < -0.4 is 5.32 Å². The van der Waals surface area contributed by atoms with Gasteiger partial charge in [0, 0.05) is 25.5 Å². The quantitative estimate of drug-likeness (QED) is 0.755. The van der Waals surface area contributed by atoms with Crippen molar-refractivity contribution in [1.82, 2.24) is 20.0 Å². The van der Waals surface area contributed by atoms with E-state index in [1.807, 2.05) is 29.1 Å². The van der Waals surface area contributed by atoms with Crippen LogP contribution in [-0.2, 0) is 13.0 Å². The van der Waals surface area contributed by atoms with Gasteiger partial charge in [0.15, 0.2) is 0 Å². The first-order chi connectivity index (χ1) is 11.2. The van der Waals surface area contributed by atoms with E-state index in [0.29, 0.717) is 18.7 Å². The summed E-state index contributed by atoms with van der Waals surface area (Å²) in [7, 11) is 0. The number of hydrogen-bond acceptors (Lipinski definition) is 4. The molecule has 0 aliphatic rings. The zero-order valence-corrected chi connectivity index (χ0v) is 12.3. The number of hydrogen-bond donors (Lipinski definition) is 1. The summed E-state index contributed by atoms with van der Waals surface area (Å²) in [6.07, 6.45) is 3.97. The number of carbonyl (C=O) groups excluding carboxylic acids is 1. The van der Waals surface area contributed by atoms with E-state index in [-0.39, 0.29) is 24.0 Å². The van der Waals surface area contributed by atoms with Gasteiger partial charge in [-0.15, -0.1) is 0 Å². The molecule has 1 amide bonds. The van der Waals surface area contributed by atoms with E-state index in [1.54, 1.807) is 18.2 Å². The summed E-state index contributed by atoms with van der Waals surface area (Å²) in [5.74, 6) is -0.612. The van der Waals surface area contributed by atoms with E-state index in [2.05, 4.69) is 15.5 Å². The molecule has 0 saturated carbocycles. The van der Waals surface area contributed by atoms with Crippen LogP contribution in [0.2, 0.25) is 0 Å². The molecule has 0 bridgehead atoms. The molecule has 0 aliphatic heterocycles. The Balaban J connectivity index is 1.56. The number of carbonyl (C=O) groups is 1. The van der Waals surface area contributed by atoms with E-state index >= 15 is 0 Å². The lowest BCUT2D eigenvalue weighted by Gasteiger charge is -2.03. The van der Waals surface area contributed by atoms with Crippen LogP contribution in [0.1, 0.15) is 22.1 Å². The monoisotopic (exact) mass is 314 g/mol. The summed E-state index contributed by atoms with van der Waals surface area (Å²) in [5, 5.41) is 6.34. The van der Waals surface area contributed by atoms with Gasteiger partial charge in [-0.05, 0) is 23.8 Å². The van der Waals surface area contributed by atoms with Crippen LogP contribution in [0.25, 0.3) is 0 Å². The van der Waals surface area contributed by atoms with Gasteiger partial charge >= 0.3 is 0 Å². The molecule has 2 heterocycles. The molecule has 118 valence electrons. The number of nitrogens with one attached hydrogen (secondary N) is 1. The predicted molar refractivity (Wildman–Crippen MR) is 80.3 cm³/mol. The maximum atomic E-state index is 13.6. The smallest absolute Gasteiger partial charge is 0.292 e. The molecule has 0 atom stereocenters. The second kappa shape index (κ2) is 6.87. The van der Waals surface area contributed by atoms with Gasteiger partial charge in [-0.3, -0.25) is 4.79 Å². The summed E-state index contributed by atoms with van der Waals surface area (Å²) < 4.78 is 20.5. The fourth-order valence-corrected chi connectivity index (χ4v) is 2.12. The van der Waals surface area contributed by atoms with Crippen LogP contribution in [0, 0.1) is 5.82 Å². The first kappa shape index (κ1) is 15.0. The highest BCUT2D eigenvalue weighted by molar-refractivity contribution is 5.90. The second-order valence-corrected chi connectivity index (χ2v) is 4.96. The SMILES string of the molecule is O=C(NCCn1cccc1)c1noc(Cc2ccccc2F)n1. The highest BCUT2D eigenvalue weighted by Gasteiger charge is 2.15. The van der Waals surface area contributed by atoms with E-state index in [9.17, 15) is 9.18 Å². The fourth-order valence-electron chi connectivity index (χ4n) is 2.12. The molecular formula is C16H15FN4O2. The Morgan fingerprint density at radius 1 is 1.22 bits per heavy atom. The molecule has 0 fully saturated rings. The van der Waals surface area contributed by atoms with Crippen molar-refractivity contribution in [3.05, 3.63) is 71.9 Å². The van der Waals surface area contributed by atoms with Crippen molar-refractivity contribution < 1.29 is 13.7 Å². The number of amides is 1. The largest absolute Gasteiger partial charge is 0.353 e. The first-order valence-electron chi connectivity index (χ1n) is 7.17. The van der Waals surface area contributed by atoms with Gasteiger partial charge in [0.05, 0.1) is 6.42 Å². The summed E-state index contributed by atoms with van der Waals surface area (Å²) in [6, 6.07) is 10.2. The molecule has 1 aromatic carbocycles. The number of aromatic nitrogens is 3. The van der Waals surface area contributed by atoms with Gasteiger partial charge in [-0.1, -0.05) is 23.4 Å². The second-order valence-electron chi connectivity index (χ2n) is 4.96. The molecule has 3 aromatic rings. The number of benzene rings is 1. The summed E-state index contributed by atoms with van der Waals surface area (Å²) in [4.78, 5) is 15.9. The minimum absolute atomic E-state index is 0.0520. The lowest BCUT2D eigenvalue weighted by atomic mass is 10.1. The van der Waals surface area contributed by atoms with Crippen LogP contribution in [0.15, 0.2) is 53.3 Å². The molecule has 0 saturated heterocycles. The van der Waals surface area contributed by atoms with Crippen molar-refractivity contribution >= 4 is 5.91 Å². The molecule has 3 rings (SSSR count). The number of rotatable bonds is 6. The number of halogens is 1. The lowest BCUT2D eigenvalue weighted by Crippen LogP contribution is -2.27. The number of nitrogens with zero attached hydrogens (tertiary/aromatic N) is 3. The Hall–Kier alpha value is -2.96. The van der Waals surface area contributed by atoms with Crippen molar-refractivity contribution in [1.29, 1.82) is 0 Å². The third-order valence-corrected chi connectivity index (χ3v) is 3.29. The van der Waals surface area contributed by atoms with Crippen LogP contribution in [-0.4, -0.2) is 27.2 Å². The van der Waals surface area contributed by atoms with Crippen LogP contribution in [0.3, 0.4) is 0 Å². The topological polar surface area (TPSA) is 73.0 Å². The average molecular weight is 314 g/mol. The lowest BCUT2D eigenvalue weighted by molar-refractivity contribution is 0.0939. The molecular weight excluding hydrogens is 299 g/mol. The zero-order chi connectivity index (χ0) is 16.1. The highest BCUT2D eigenvalue weighted by Crippen LogP contribution is 2.11. The van der Waals surface area contributed by atoms with Gasteiger partial charge in [0.1, 0.15) is 5.82 Å². The normalized spacial score (nSPS) is 10.7. The van der Waals surface area contributed by atoms with E-state index in [4.69, 9.17) is 4.52 Å². The van der Waals surface area contributed by atoms with Gasteiger partial charge in [-0.25, -0.2) is 4.39 Å². The Kier molecular flexibility index (Phi) is 4.46. The third kappa shape index (κ3) is 3.82. The average Bonchev–Trinajstić information content (AvgIpc) is 3.21. The van der Waals surface area contributed by atoms with E-state index in [0.717, 1.165) is 0 Å². The molecule has 1 N–H and O–H groups in total. The van der Waals surface area contributed by atoms with Crippen LogP contribution in [0.5, 0.6) is 0 Å². The van der Waals surface area contributed by atoms with Crippen molar-refractivity contribution in [3.8, 4) is 0 Å². The van der Waals surface area contributed by atoms with Crippen molar-refractivity contribution in [2.75, 3.05) is 6.54 Å². The molecule has 6 nitrogen and oxygen atoms in total. The molecule has 2 aromatic heterocycles. The summed E-state index contributed by atoms with van der Waals surface area (Å²) in [6.45, 7) is 1.10. The van der Waals surface area contributed by atoms with Crippen molar-refractivity contribution in [2.45, 2.75) is 13.0 Å². The standard InChI is InChI=1S/C16H15FN4O2/c17-13-6-2-1-5-12(13)11-14-19-15(20-23-14)16(22)18-7-10-21-8-3-4-9-21/h1-6,8-9H,7,10-11H2,(H,18,22). The van der Waals surface area contributed by atoms with Gasteiger partial charge in [0.25, 0.3) is 11.7 Å². The molecule has 23 heavy (non-hydrogen) atoms. The van der Waals surface area contributed by atoms with Gasteiger partial charge in [0.2, 0.25) is 5.89 Å². The maximum Gasteiger partial charge on any atom is 0.292 e. The summed E-state index contributed by atoms with van der Waals surface area (Å²) >= 11 is 0. The Bertz CT molecular complexity index is 783. The zero-order valence-electron chi connectivity index (χ0n) is 12.3. The Morgan fingerprint density at radius 2 is 2.00 bits per heavy atom. The van der Waals surface area contributed by atoms with Gasteiger partial charge < -0.3 is 14.4 Å². The Labute approximate surface area is 131 Å². The predicted octanol–water partition coefficient (Wildman–Crippen LogP) is 2.03. The Morgan fingerprint density at radius 3 is 2.78 bits per heavy atom. The summed E-state index contributed by atoms with van der Waals surface area (Å²) in [5.41, 5.74) is 0.440. The first-order valence-corrected chi connectivity index (χ1v) is 7.17. The maximum absolute atomic E-state index is 13.6. The van der Waals surface area contributed by atoms with Crippen LogP contribution >= 0.6 is 0 Å². The minimum Gasteiger partial charge on any atom is -0.353 e. The molecule has 0 aliphatic carbocycles.